The highest BCUT2D eigenvalue weighted by Crippen LogP contribution is 2.14. The highest BCUT2D eigenvalue weighted by Gasteiger charge is 2.18. The first-order valence-electron chi connectivity index (χ1n) is 8.39. The summed E-state index contributed by atoms with van der Waals surface area (Å²) >= 11 is 0. The Morgan fingerprint density at radius 3 is 2.54 bits per heavy atom. The van der Waals surface area contributed by atoms with Crippen LogP contribution in [0, 0.1) is 13.8 Å². The average molecular weight is 329 g/mol. The number of hydrogen-bond acceptors (Lipinski definition) is 3. The predicted molar refractivity (Wildman–Crippen MR) is 94.8 cm³/mol. The van der Waals surface area contributed by atoms with Gasteiger partial charge in [-0.2, -0.15) is 5.10 Å². The molecule has 0 saturated carbocycles. The Labute approximate surface area is 143 Å². The van der Waals surface area contributed by atoms with E-state index in [1.165, 1.54) is 0 Å². The van der Waals surface area contributed by atoms with Gasteiger partial charge in [-0.25, -0.2) is 0 Å². The largest absolute Gasteiger partial charge is 0.391 e. The van der Waals surface area contributed by atoms with Gasteiger partial charge < -0.3 is 10.4 Å². The summed E-state index contributed by atoms with van der Waals surface area (Å²) in [5.74, 6) is -0.0442. The van der Waals surface area contributed by atoms with Gasteiger partial charge in [0.15, 0.2) is 0 Å². The minimum absolute atomic E-state index is 0.0442. The minimum Gasteiger partial charge on any atom is -0.391 e. The number of aliphatic hydroxyl groups is 1. The average Bonchev–Trinajstić information content (AvgIpc) is 2.79. The van der Waals surface area contributed by atoms with Crippen molar-refractivity contribution in [2.45, 2.75) is 52.2 Å². The third kappa shape index (κ3) is 4.68. The van der Waals surface area contributed by atoms with Crippen molar-refractivity contribution in [3.05, 3.63) is 52.8 Å². The number of aromatic nitrogens is 2. The van der Waals surface area contributed by atoms with Crippen LogP contribution in [0.1, 0.15) is 35.9 Å². The second kappa shape index (κ2) is 8.11. The maximum absolute atomic E-state index is 12.2. The van der Waals surface area contributed by atoms with Crippen LogP contribution in [0.5, 0.6) is 0 Å². The van der Waals surface area contributed by atoms with Gasteiger partial charge in [-0.1, -0.05) is 30.3 Å². The summed E-state index contributed by atoms with van der Waals surface area (Å²) < 4.78 is 1.84. The molecule has 24 heavy (non-hydrogen) atoms. The molecule has 1 aromatic carbocycles. The van der Waals surface area contributed by atoms with E-state index in [4.69, 9.17) is 0 Å². The number of nitrogens with one attached hydrogen (secondary N) is 1. The molecule has 5 heteroatoms. The Morgan fingerprint density at radius 1 is 1.29 bits per heavy atom. The van der Waals surface area contributed by atoms with Gasteiger partial charge in [0, 0.05) is 25.6 Å². The molecule has 0 saturated heterocycles. The zero-order chi connectivity index (χ0) is 17.7. The molecule has 2 unspecified atom stereocenters. The number of rotatable bonds is 7. The topological polar surface area (TPSA) is 67.2 Å². The van der Waals surface area contributed by atoms with E-state index in [0.717, 1.165) is 22.5 Å². The van der Waals surface area contributed by atoms with Crippen molar-refractivity contribution >= 4 is 5.91 Å². The summed E-state index contributed by atoms with van der Waals surface area (Å²) in [4.78, 5) is 12.2. The Kier molecular flexibility index (Phi) is 6.15. The molecule has 1 aromatic heterocycles. The van der Waals surface area contributed by atoms with Crippen LogP contribution in [0.25, 0.3) is 0 Å². The number of aliphatic hydroxyl groups excluding tert-OH is 1. The van der Waals surface area contributed by atoms with E-state index >= 15 is 0 Å². The molecule has 0 aliphatic heterocycles. The summed E-state index contributed by atoms with van der Waals surface area (Å²) in [6, 6.07) is 9.52. The van der Waals surface area contributed by atoms with Crippen LogP contribution >= 0.6 is 0 Å². The first-order chi connectivity index (χ1) is 11.4. The molecule has 2 aromatic rings. The van der Waals surface area contributed by atoms with Gasteiger partial charge in [-0.3, -0.25) is 9.48 Å². The van der Waals surface area contributed by atoms with E-state index in [1.807, 2.05) is 62.8 Å². The lowest BCUT2D eigenvalue weighted by Crippen LogP contribution is -2.42. The second-order valence-corrected chi connectivity index (χ2v) is 6.39. The standard InChI is InChI=1S/C19H27N3O2/c1-13-17(15(3)22(4)21-13)10-11-19(24)20-14(2)18(23)12-16-8-6-5-7-9-16/h5-9,14,18,23H,10-12H2,1-4H3,(H,20,24). The lowest BCUT2D eigenvalue weighted by Gasteiger charge is -2.20. The molecular formula is C19H27N3O2. The van der Waals surface area contributed by atoms with Gasteiger partial charge in [0.05, 0.1) is 17.8 Å². The molecule has 2 rings (SSSR count). The zero-order valence-electron chi connectivity index (χ0n) is 14.9. The molecule has 1 heterocycles. The molecule has 0 aliphatic carbocycles. The van der Waals surface area contributed by atoms with Crippen molar-refractivity contribution in [3.63, 3.8) is 0 Å². The van der Waals surface area contributed by atoms with Crippen LogP contribution in [-0.4, -0.2) is 32.9 Å². The van der Waals surface area contributed by atoms with Crippen LogP contribution in [0.4, 0.5) is 0 Å². The summed E-state index contributed by atoms with van der Waals surface area (Å²) in [7, 11) is 1.91. The fourth-order valence-electron chi connectivity index (χ4n) is 2.87. The lowest BCUT2D eigenvalue weighted by atomic mass is 10.0. The monoisotopic (exact) mass is 329 g/mol. The highest BCUT2D eigenvalue weighted by molar-refractivity contribution is 5.76. The van der Waals surface area contributed by atoms with Gasteiger partial charge in [0.25, 0.3) is 0 Å². The number of hydrogen-bond donors (Lipinski definition) is 2. The number of carbonyl (C=O) groups is 1. The van der Waals surface area contributed by atoms with Crippen molar-refractivity contribution in [3.8, 4) is 0 Å². The molecule has 130 valence electrons. The number of aryl methyl sites for hydroxylation is 2. The SMILES string of the molecule is Cc1nn(C)c(C)c1CCC(=O)NC(C)C(O)Cc1ccccc1. The summed E-state index contributed by atoms with van der Waals surface area (Å²) in [5, 5.41) is 17.5. The second-order valence-electron chi connectivity index (χ2n) is 6.39. The van der Waals surface area contributed by atoms with Crippen LogP contribution < -0.4 is 5.32 Å². The Hall–Kier alpha value is -2.14. The van der Waals surface area contributed by atoms with E-state index in [2.05, 4.69) is 10.4 Å². The molecule has 0 spiro atoms. The summed E-state index contributed by atoms with van der Waals surface area (Å²) in [6.07, 6.45) is 0.996. The van der Waals surface area contributed by atoms with Crippen molar-refractivity contribution < 1.29 is 9.90 Å². The number of amides is 1. The van der Waals surface area contributed by atoms with E-state index in [-0.39, 0.29) is 11.9 Å². The van der Waals surface area contributed by atoms with Gasteiger partial charge in [-0.05, 0) is 38.3 Å². The maximum Gasteiger partial charge on any atom is 0.220 e. The first kappa shape index (κ1) is 18.2. The molecule has 2 atom stereocenters. The summed E-state index contributed by atoms with van der Waals surface area (Å²) in [5.41, 5.74) is 4.26. The van der Waals surface area contributed by atoms with Crippen molar-refractivity contribution in [2.24, 2.45) is 7.05 Å². The lowest BCUT2D eigenvalue weighted by molar-refractivity contribution is -0.122. The van der Waals surface area contributed by atoms with Crippen LogP contribution in [-0.2, 0) is 24.7 Å². The van der Waals surface area contributed by atoms with Gasteiger partial charge in [-0.15, -0.1) is 0 Å². The predicted octanol–water partition coefficient (Wildman–Crippen LogP) is 2.08. The molecule has 5 nitrogen and oxygen atoms in total. The fourth-order valence-corrected chi connectivity index (χ4v) is 2.87. The molecule has 1 amide bonds. The van der Waals surface area contributed by atoms with Crippen molar-refractivity contribution in [1.82, 2.24) is 15.1 Å². The molecule has 0 fully saturated rings. The normalized spacial score (nSPS) is 13.5. The highest BCUT2D eigenvalue weighted by atomic mass is 16.3. The van der Waals surface area contributed by atoms with Gasteiger partial charge in [0.2, 0.25) is 5.91 Å². The van der Waals surface area contributed by atoms with E-state index in [0.29, 0.717) is 19.3 Å². The van der Waals surface area contributed by atoms with Gasteiger partial charge in [0.1, 0.15) is 0 Å². The number of benzene rings is 1. The third-order valence-electron chi connectivity index (χ3n) is 4.51. The Bertz CT molecular complexity index is 679. The van der Waals surface area contributed by atoms with Crippen LogP contribution in [0.3, 0.4) is 0 Å². The third-order valence-corrected chi connectivity index (χ3v) is 4.51. The van der Waals surface area contributed by atoms with Crippen LogP contribution in [0.15, 0.2) is 30.3 Å². The number of nitrogens with zero attached hydrogens (tertiary/aromatic N) is 2. The fraction of sp³-hybridized carbons (Fsp3) is 0.474. The molecule has 0 radical (unpaired) electrons. The van der Waals surface area contributed by atoms with E-state index in [9.17, 15) is 9.90 Å². The van der Waals surface area contributed by atoms with Crippen molar-refractivity contribution in [1.29, 1.82) is 0 Å². The smallest absolute Gasteiger partial charge is 0.220 e. The maximum atomic E-state index is 12.2. The van der Waals surface area contributed by atoms with Crippen LogP contribution in [0.2, 0.25) is 0 Å². The van der Waals surface area contributed by atoms with Gasteiger partial charge >= 0.3 is 0 Å². The Balaban J connectivity index is 1.83. The molecule has 0 bridgehead atoms. The van der Waals surface area contributed by atoms with Crippen molar-refractivity contribution in [2.75, 3.05) is 0 Å². The number of carbonyl (C=O) groups excluding carboxylic acids is 1. The summed E-state index contributed by atoms with van der Waals surface area (Å²) in [6.45, 7) is 5.82. The zero-order valence-corrected chi connectivity index (χ0v) is 14.9. The molecular weight excluding hydrogens is 302 g/mol. The quantitative estimate of drug-likeness (QED) is 0.817. The van der Waals surface area contributed by atoms with E-state index in [1.54, 1.807) is 0 Å². The first-order valence-corrected chi connectivity index (χ1v) is 8.39. The molecule has 0 aliphatic rings. The Morgan fingerprint density at radius 2 is 1.96 bits per heavy atom. The molecule has 2 N–H and O–H groups in total. The minimum atomic E-state index is -0.599. The van der Waals surface area contributed by atoms with E-state index < -0.39 is 6.10 Å².